The van der Waals surface area contributed by atoms with Crippen molar-refractivity contribution >= 4 is 17.3 Å². The van der Waals surface area contributed by atoms with Gasteiger partial charge in [-0.2, -0.15) is 0 Å². The number of rotatable bonds is 2. The van der Waals surface area contributed by atoms with E-state index < -0.39 is 5.54 Å². The molecule has 4 nitrogen and oxygen atoms in total. The molecule has 1 aliphatic heterocycles. The molecule has 1 heterocycles. The molecule has 92 valence electrons. The number of nitrogens with two attached hydrogens (primary N) is 1. The van der Waals surface area contributed by atoms with Crippen molar-refractivity contribution in [3.63, 3.8) is 0 Å². The molecule has 0 unspecified atom stereocenters. The molecule has 4 heteroatoms. The molecular formula is C13H19N3O. The maximum atomic E-state index is 12.3. The van der Waals surface area contributed by atoms with Crippen LogP contribution >= 0.6 is 0 Å². The minimum atomic E-state index is -0.575. The standard InChI is InChI=1S/C13H19N3O/c1-4-16-10-7-5-6-9(8-14)11(10)15-13(2,3)12(16)17/h5-7,15H,4,8,14H2,1-3H3. The van der Waals surface area contributed by atoms with Gasteiger partial charge in [-0.3, -0.25) is 4.79 Å². The van der Waals surface area contributed by atoms with Gasteiger partial charge in [0.25, 0.3) is 5.91 Å². The Morgan fingerprint density at radius 3 is 2.71 bits per heavy atom. The number of amides is 1. The van der Waals surface area contributed by atoms with Gasteiger partial charge in [0.1, 0.15) is 5.54 Å². The molecule has 0 atom stereocenters. The molecule has 1 aromatic carbocycles. The first-order chi connectivity index (χ1) is 8.01. The third-order valence-corrected chi connectivity index (χ3v) is 3.17. The predicted octanol–water partition coefficient (Wildman–Crippen LogP) is 1.70. The molecule has 3 N–H and O–H groups in total. The van der Waals surface area contributed by atoms with Gasteiger partial charge in [0.15, 0.2) is 0 Å². The van der Waals surface area contributed by atoms with Gasteiger partial charge in [-0.05, 0) is 32.4 Å². The number of hydrogen-bond acceptors (Lipinski definition) is 3. The van der Waals surface area contributed by atoms with Gasteiger partial charge in [0.2, 0.25) is 0 Å². The van der Waals surface area contributed by atoms with E-state index in [1.807, 2.05) is 43.9 Å². The van der Waals surface area contributed by atoms with Gasteiger partial charge >= 0.3 is 0 Å². The number of hydrogen-bond donors (Lipinski definition) is 2. The van der Waals surface area contributed by atoms with E-state index in [0.717, 1.165) is 16.9 Å². The van der Waals surface area contributed by atoms with Crippen molar-refractivity contribution in [2.24, 2.45) is 5.73 Å². The van der Waals surface area contributed by atoms with Crippen molar-refractivity contribution in [3.8, 4) is 0 Å². The van der Waals surface area contributed by atoms with Gasteiger partial charge in [0, 0.05) is 13.1 Å². The van der Waals surface area contributed by atoms with Crippen molar-refractivity contribution in [2.45, 2.75) is 32.9 Å². The van der Waals surface area contributed by atoms with E-state index in [0.29, 0.717) is 13.1 Å². The van der Waals surface area contributed by atoms with E-state index in [-0.39, 0.29) is 5.91 Å². The minimum Gasteiger partial charge on any atom is -0.370 e. The molecule has 1 aromatic rings. The van der Waals surface area contributed by atoms with E-state index in [9.17, 15) is 4.79 Å². The van der Waals surface area contributed by atoms with Gasteiger partial charge in [-0.15, -0.1) is 0 Å². The Hall–Kier alpha value is -1.55. The highest BCUT2D eigenvalue weighted by atomic mass is 16.2. The average molecular weight is 233 g/mol. The summed E-state index contributed by atoms with van der Waals surface area (Å²) in [5.74, 6) is 0.0988. The fourth-order valence-corrected chi connectivity index (χ4v) is 2.25. The molecule has 0 saturated carbocycles. The van der Waals surface area contributed by atoms with Crippen LogP contribution in [0.1, 0.15) is 26.3 Å². The Bertz CT molecular complexity index is 454. The molecule has 0 fully saturated rings. The maximum Gasteiger partial charge on any atom is 0.252 e. The SMILES string of the molecule is CCN1C(=O)C(C)(C)Nc2c(CN)cccc21. The second-order valence-corrected chi connectivity index (χ2v) is 4.81. The number of nitrogens with one attached hydrogen (secondary N) is 1. The smallest absolute Gasteiger partial charge is 0.252 e. The summed E-state index contributed by atoms with van der Waals surface area (Å²) in [6.45, 7) is 6.92. The van der Waals surface area contributed by atoms with E-state index >= 15 is 0 Å². The fraction of sp³-hybridized carbons (Fsp3) is 0.462. The molecule has 0 saturated heterocycles. The van der Waals surface area contributed by atoms with Crippen LogP contribution in [0.15, 0.2) is 18.2 Å². The Kier molecular flexibility index (Phi) is 2.83. The maximum absolute atomic E-state index is 12.3. The second kappa shape index (κ2) is 4.04. The second-order valence-electron chi connectivity index (χ2n) is 4.81. The number of carbonyl (C=O) groups excluding carboxylic acids is 1. The molecule has 1 aliphatic rings. The van der Waals surface area contributed by atoms with Crippen LogP contribution in [-0.4, -0.2) is 18.0 Å². The summed E-state index contributed by atoms with van der Waals surface area (Å²) in [4.78, 5) is 14.1. The van der Waals surface area contributed by atoms with E-state index in [2.05, 4.69) is 5.32 Å². The molecule has 0 aromatic heterocycles. The monoisotopic (exact) mass is 233 g/mol. The molecule has 0 spiro atoms. The zero-order valence-electron chi connectivity index (χ0n) is 10.6. The molecular weight excluding hydrogens is 214 g/mol. The number of likely N-dealkylation sites (N-methyl/N-ethyl adjacent to an activating group) is 1. The Balaban J connectivity index is 2.59. The predicted molar refractivity (Wildman–Crippen MR) is 70.1 cm³/mol. The van der Waals surface area contributed by atoms with E-state index in [4.69, 9.17) is 5.73 Å². The average Bonchev–Trinajstić information content (AvgIpc) is 2.30. The van der Waals surface area contributed by atoms with Gasteiger partial charge in [-0.25, -0.2) is 0 Å². The number of benzene rings is 1. The highest BCUT2D eigenvalue weighted by Crippen LogP contribution is 2.37. The lowest BCUT2D eigenvalue weighted by Crippen LogP contribution is -2.54. The number of carbonyl (C=O) groups is 1. The fourth-order valence-electron chi connectivity index (χ4n) is 2.25. The van der Waals surface area contributed by atoms with Gasteiger partial charge in [-0.1, -0.05) is 12.1 Å². The zero-order chi connectivity index (χ0) is 12.6. The van der Waals surface area contributed by atoms with Crippen LogP contribution in [0.2, 0.25) is 0 Å². The summed E-state index contributed by atoms with van der Waals surface area (Å²) in [7, 11) is 0. The third kappa shape index (κ3) is 1.78. The van der Waals surface area contributed by atoms with Crippen LogP contribution in [0.3, 0.4) is 0 Å². The number of para-hydroxylation sites is 1. The molecule has 17 heavy (non-hydrogen) atoms. The highest BCUT2D eigenvalue weighted by molar-refractivity contribution is 6.07. The third-order valence-electron chi connectivity index (χ3n) is 3.17. The number of fused-ring (bicyclic) bond motifs is 1. The molecule has 0 aliphatic carbocycles. The summed E-state index contributed by atoms with van der Waals surface area (Å²) in [5, 5.41) is 3.30. The molecule has 0 radical (unpaired) electrons. The minimum absolute atomic E-state index is 0.0988. The Morgan fingerprint density at radius 2 is 2.12 bits per heavy atom. The summed E-state index contributed by atoms with van der Waals surface area (Å²) >= 11 is 0. The van der Waals surface area contributed by atoms with Crippen LogP contribution in [-0.2, 0) is 11.3 Å². The molecule has 1 amide bonds. The number of anilines is 2. The summed E-state index contributed by atoms with van der Waals surface area (Å²) < 4.78 is 0. The van der Waals surface area contributed by atoms with Gasteiger partial charge < -0.3 is 16.0 Å². The lowest BCUT2D eigenvalue weighted by atomic mass is 9.96. The zero-order valence-corrected chi connectivity index (χ0v) is 10.6. The van der Waals surface area contributed by atoms with Gasteiger partial charge in [0.05, 0.1) is 11.4 Å². The Morgan fingerprint density at radius 1 is 1.41 bits per heavy atom. The van der Waals surface area contributed by atoms with Crippen molar-refractivity contribution < 1.29 is 4.79 Å². The van der Waals surface area contributed by atoms with Crippen molar-refractivity contribution in [1.29, 1.82) is 0 Å². The summed E-state index contributed by atoms with van der Waals surface area (Å²) in [5.41, 5.74) is 8.13. The van der Waals surface area contributed by atoms with Crippen LogP contribution < -0.4 is 16.0 Å². The lowest BCUT2D eigenvalue weighted by Gasteiger charge is -2.40. The highest BCUT2D eigenvalue weighted by Gasteiger charge is 2.38. The lowest BCUT2D eigenvalue weighted by molar-refractivity contribution is -0.122. The van der Waals surface area contributed by atoms with Crippen molar-refractivity contribution in [3.05, 3.63) is 23.8 Å². The van der Waals surface area contributed by atoms with Crippen LogP contribution in [0.5, 0.6) is 0 Å². The number of nitrogens with zero attached hydrogens (tertiary/aromatic N) is 1. The Labute approximate surface area is 102 Å². The largest absolute Gasteiger partial charge is 0.370 e. The van der Waals surface area contributed by atoms with E-state index in [1.54, 1.807) is 0 Å². The van der Waals surface area contributed by atoms with Crippen LogP contribution in [0.4, 0.5) is 11.4 Å². The first-order valence-corrected chi connectivity index (χ1v) is 5.93. The topological polar surface area (TPSA) is 58.4 Å². The van der Waals surface area contributed by atoms with Crippen LogP contribution in [0.25, 0.3) is 0 Å². The van der Waals surface area contributed by atoms with Crippen molar-refractivity contribution in [2.75, 3.05) is 16.8 Å². The van der Waals surface area contributed by atoms with Crippen LogP contribution in [0, 0.1) is 0 Å². The summed E-state index contributed by atoms with van der Waals surface area (Å²) in [6.07, 6.45) is 0. The first-order valence-electron chi connectivity index (χ1n) is 5.93. The van der Waals surface area contributed by atoms with E-state index in [1.165, 1.54) is 0 Å². The van der Waals surface area contributed by atoms with Crippen molar-refractivity contribution in [1.82, 2.24) is 0 Å². The summed E-state index contributed by atoms with van der Waals surface area (Å²) in [6, 6.07) is 5.89. The first kappa shape index (κ1) is 11.9. The molecule has 2 rings (SSSR count). The normalized spacial score (nSPS) is 17.6. The molecule has 0 bridgehead atoms. The quantitative estimate of drug-likeness (QED) is 0.817.